The number of nitrogens with zero attached hydrogens (tertiary/aromatic N) is 3. The van der Waals surface area contributed by atoms with Gasteiger partial charge < -0.3 is 9.47 Å². The number of hydrogen-bond acceptors (Lipinski definition) is 6. The summed E-state index contributed by atoms with van der Waals surface area (Å²) < 4.78 is 11.6. The van der Waals surface area contributed by atoms with Crippen LogP contribution in [0, 0.1) is 22.7 Å². The van der Waals surface area contributed by atoms with E-state index in [1.807, 2.05) is 50.2 Å². The molecule has 0 aliphatic heterocycles. The maximum atomic E-state index is 13.2. The Balaban J connectivity index is 1.55. The van der Waals surface area contributed by atoms with E-state index >= 15 is 0 Å². The maximum absolute atomic E-state index is 13.2. The second kappa shape index (κ2) is 18.1. The van der Waals surface area contributed by atoms with Crippen molar-refractivity contribution in [1.29, 1.82) is 5.26 Å². The smallest absolute Gasteiger partial charge is 0.332 e. The predicted molar refractivity (Wildman–Crippen MR) is 174 cm³/mol. The highest BCUT2D eigenvalue weighted by atomic mass is 16.5. The van der Waals surface area contributed by atoms with Crippen LogP contribution in [-0.2, 0) is 4.79 Å². The van der Waals surface area contributed by atoms with Gasteiger partial charge in [0.15, 0.2) is 11.2 Å². The summed E-state index contributed by atoms with van der Waals surface area (Å²) in [5.41, 5.74) is 1.56. The summed E-state index contributed by atoms with van der Waals surface area (Å²) in [6.07, 6.45) is 16.8. The van der Waals surface area contributed by atoms with E-state index in [1.165, 1.54) is 38.5 Å². The molecule has 0 aliphatic rings. The summed E-state index contributed by atoms with van der Waals surface area (Å²) in [7, 11) is 0. The van der Waals surface area contributed by atoms with E-state index in [9.17, 15) is 10.1 Å². The summed E-state index contributed by atoms with van der Waals surface area (Å²) in [5, 5.41) is 10.0. The number of ether oxygens (including phenoxy) is 2. The number of nitriles is 1. The van der Waals surface area contributed by atoms with E-state index in [2.05, 4.69) is 29.9 Å². The zero-order valence-electron chi connectivity index (χ0n) is 26.6. The number of unbranched alkanes of at least 4 members (excludes halogenated alkanes) is 8. The number of rotatable bonds is 19. The van der Waals surface area contributed by atoms with Crippen LogP contribution in [0.25, 0.3) is 22.5 Å². The maximum Gasteiger partial charge on any atom is 0.332 e. The standard InChI is InChI=1S/C37H49N3O3/c1-5-8-10-12-13-15-25-42-33-21-19-31(20-22-33)35-39-26-32(27-40-35)30-17-23-34(24-18-30)43-36(41)37(7-3,28-38)29(4)16-14-11-9-6-2/h17-24,26-27,29H,5-16,25H2,1-4H3/t29-,37+/m1/s1. The number of benzene rings is 2. The lowest BCUT2D eigenvalue weighted by atomic mass is 9.73. The number of aromatic nitrogens is 2. The minimum Gasteiger partial charge on any atom is -0.494 e. The van der Waals surface area contributed by atoms with Crippen LogP contribution >= 0.6 is 0 Å². The molecular weight excluding hydrogens is 534 g/mol. The van der Waals surface area contributed by atoms with Gasteiger partial charge >= 0.3 is 5.97 Å². The minimum absolute atomic E-state index is 0.0735. The Morgan fingerprint density at radius 1 is 0.767 bits per heavy atom. The van der Waals surface area contributed by atoms with E-state index in [-0.39, 0.29) is 5.92 Å². The topological polar surface area (TPSA) is 85.1 Å². The molecule has 0 saturated carbocycles. The Morgan fingerprint density at radius 2 is 1.33 bits per heavy atom. The van der Waals surface area contributed by atoms with Crippen molar-refractivity contribution in [2.24, 2.45) is 11.3 Å². The van der Waals surface area contributed by atoms with Gasteiger partial charge in [-0.15, -0.1) is 0 Å². The first-order chi connectivity index (χ1) is 21.0. The van der Waals surface area contributed by atoms with Crippen LogP contribution in [0.4, 0.5) is 0 Å². The average Bonchev–Trinajstić information content (AvgIpc) is 3.04. The predicted octanol–water partition coefficient (Wildman–Crippen LogP) is 9.98. The van der Waals surface area contributed by atoms with Gasteiger partial charge in [0, 0.05) is 23.5 Å². The van der Waals surface area contributed by atoms with Crippen molar-refractivity contribution in [2.75, 3.05) is 6.61 Å². The second-order valence-corrected chi connectivity index (χ2v) is 11.5. The minimum atomic E-state index is -1.15. The monoisotopic (exact) mass is 583 g/mol. The van der Waals surface area contributed by atoms with Crippen molar-refractivity contribution in [3.05, 3.63) is 60.9 Å². The van der Waals surface area contributed by atoms with Crippen molar-refractivity contribution in [1.82, 2.24) is 9.97 Å². The molecule has 230 valence electrons. The normalized spacial score (nSPS) is 13.1. The first-order valence-corrected chi connectivity index (χ1v) is 16.3. The van der Waals surface area contributed by atoms with E-state index < -0.39 is 11.4 Å². The molecule has 1 aromatic heterocycles. The van der Waals surface area contributed by atoms with Crippen LogP contribution in [0.5, 0.6) is 11.5 Å². The Kier molecular flexibility index (Phi) is 14.2. The molecule has 3 aromatic rings. The fourth-order valence-corrected chi connectivity index (χ4v) is 5.36. The molecule has 2 atom stereocenters. The van der Waals surface area contributed by atoms with Gasteiger partial charge in [-0.1, -0.05) is 97.6 Å². The number of hydrogen-bond donors (Lipinski definition) is 0. The zero-order chi connectivity index (χ0) is 30.9. The van der Waals surface area contributed by atoms with Crippen molar-refractivity contribution < 1.29 is 14.3 Å². The molecule has 2 aromatic carbocycles. The van der Waals surface area contributed by atoms with Gasteiger partial charge in [-0.3, -0.25) is 0 Å². The number of esters is 1. The first kappa shape index (κ1) is 33.8. The van der Waals surface area contributed by atoms with Crippen molar-refractivity contribution >= 4 is 5.97 Å². The molecule has 43 heavy (non-hydrogen) atoms. The Hall–Kier alpha value is -3.72. The third-order valence-electron chi connectivity index (χ3n) is 8.38. The quantitative estimate of drug-likeness (QED) is 0.0793. The first-order valence-electron chi connectivity index (χ1n) is 16.3. The Morgan fingerprint density at radius 3 is 1.93 bits per heavy atom. The fourth-order valence-electron chi connectivity index (χ4n) is 5.36. The van der Waals surface area contributed by atoms with Gasteiger partial charge in [-0.2, -0.15) is 5.26 Å². The third-order valence-corrected chi connectivity index (χ3v) is 8.38. The molecule has 0 radical (unpaired) electrons. The summed E-state index contributed by atoms with van der Waals surface area (Å²) in [6, 6.07) is 17.5. The molecule has 0 bridgehead atoms. The van der Waals surface area contributed by atoms with E-state index in [1.54, 1.807) is 24.5 Å². The van der Waals surface area contributed by atoms with Gasteiger partial charge in [0.2, 0.25) is 0 Å². The highest BCUT2D eigenvalue weighted by molar-refractivity contribution is 5.82. The van der Waals surface area contributed by atoms with E-state index in [4.69, 9.17) is 9.47 Å². The van der Waals surface area contributed by atoms with E-state index in [0.29, 0.717) is 18.0 Å². The van der Waals surface area contributed by atoms with Crippen LogP contribution < -0.4 is 9.47 Å². The number of carbonyl (C=O) groups excluding carboxylic acids is 1. The lowest BCUT2D eigenvalue weighted by Crippen LogP contribution is -2.39. The molecule has 1 heterocycles. The van der Waals surface area contributed by atoms with Crippen LogP contribution in [0.3, 0.4) is 0 Å². The molecule has 0 fully saturated rings. The molecule has 6 heteroatoms. The largest absolute Gasteiger partial charge is 0.494 e. The fraction of sp³-hybridized carbons (Fsp3) is 0.514. The lowest BCUT2D eigenvalue weighted by Gasteiger charge is -2.29. The second-order valence-electron chi connectivity index (χ2n) is 11.5. The Bertz CT molecular complexity index is 1270. The highest BCUT2D eigenvalue weighted by Gasteiger charge is 2.44. The van der Waals surface area contributed by atoms with Crippen LogP contribution in [-0.4, -0.2) is 22.5 Å². The third kappa shape index (κ3) is 9.92. The molecule has 0 saturated heterocycles. The Labute approximate surface area is 258 Å². The summed E-state index contributed by atoms with van der Waals surface area (Å²) >= 11 is 0. The zero-order valence-corrected chi connectivity index (χ0v) is 26.6. The summed E-state index contributed by atoms with van der Waals surface area (Å²) in [5.74, 6) is 1.39. The molecule has 0 N–H and O–H groups in total. The molecule has 6 nitrogen and oxygen atoms in total. The number of carbonyl (C=O) groups is 1. The van der Waals surface area contributed by atoms with Gasteiger partial charge in [0.25, 0.3) is 0 Å². The van der Waals surface area contributed by atoms with Crippen molar-refractivity contribution in [2.45, 2.75) is 105 Å². The van der Waals surface area contributed by atoms with Crippen molar-refractivity contribution in [3.8, 4) is 40.1 Å². The average molecular weight is 584 g/mol. The summed E-state index contributed by atoms with van der Waals surface area (Å²) in [6.45, 7) is 9.03. The summed E-state index contributed by atoms with van der Waals surface area (Å²) in [4.78, 5) is 22.4. The van der Waals surface area contributed by atoms with Gasteiger partial charge in [-0.05, 0) is 67.1 Å². The molecule has 0 amide bonds. The molecule has 0 spiro atoms. The van der Waals surface area contributed by atoms with Crippen LogP contribution in [0.2, 0.25) is 0 Å². The van der Waals surface area contributed by atoms with Crippen LogP contribution in [0.1, 0.15) is 105 Å². The van der Waals surface area contributed by atoms with Crippen molar-refractivity contribution in [3.63, 3.8) is 0 Å². The highest BCUT2D eigenvalue weighted by Crippen LogP contribution is 2.36. The molecular formula is C37H49N3O3. The lowest BCUT2D eigenvalue weighted by molar-refractivity contribution is -0.145. The SMILES string of the molecule is CCCCCCCCOc1ccc(-c2ncc(-c3ccc(OC(=O)[C@](C#N)(CC)[C@H](C)CCCCCC)cc3)cn2)cc1. The van der Waals surface area contributed by atoms with Gasteiger partial charge in [0.05, 0.1) is 12.7 Å². The molecule has 0 unspecified atom stereocenters. The van der Waals surface area contributed by atoms with E-state index in [0.717, 1.165) is 61.2 Å². The molecule has 3 rings (SSSR count). The van der Waals surface area contributed by atoms with Gasteiger partial charge in [0.1, 0.15) is 11.5 Å². The van der Waals surface area contributed by atoms with Gasteiger partial charge in [-0.25, -0.2) is 14.8 Å². The molecule has 0 aliphatic carbocycles. The van der Waals surface area contributed by atoms with Crippen LogP contribution in [0.15, 0.2) is 60.9 Å².